The molecule has 112 valence electrons. The smallest absolute Gasteiger partial charge is 0.242 e. The van der Waals surface area contributed by atoms with Crippen LogP contribution in [-0.4, -0.2) is 33.4 Å². The number of nitrogens with two attached hydrogens (primary N) is 1. The average molecular weight is 311 g/mol. The summed E-state index contributed by atoms with van der Waals surface area (Å²) >= 11 is 5.74. The molecule has 1 amide bonds. The maximum atomic E-state index is 13.6. The third-order valence-electron chi connectivity index (χ3n) is 3.82. The molecule has 7 heteroatoms. The van der Waals surface area contributed by atoms with Crippen LogP contribution < -0.4 is 5.73 Å². The fourth-order valence-electron chi connectivity index (χ4n) is 2.68. The van der Waals surface area contributed by atoms with E-state index in [9.17, 15) is 9.18 Å². The summed E-state index contributed by atoms with van der Waals surface area (Å²) in [6.07, 6.45) is 3.20. The van der Waals surface area contributed by atoms with E-state index < -0.39 is 5.82 Å². The van der Waals surface area contributed by atoms with E-state index in [1.807, 2.05) is 4.90 Å². The van der Waals surface area contributed by atoms with Crippen molar-refractivity contribution in [3.63, 3.8) is 0 Å². The minimum Gasteiger partial charge on any atom is -0.369 e. The summed E-state index contributed by atoms with van der Waals surface area (Å²) < 4.78 is 15.2. The molecule has 1 fully saturated rings. The van der Waals surface area contributed by atoms with Crippen molar-refractivity contribution < 1.29 is 9.18 Å². The van der Waals surface area contributed by atoms with Gasteiger partial charge in [0.25, 0.3) is 0 Å². The first kappa shape index (κ1) is 14.1. The number of anilines is 1. The van der Waals surface area contributed by atoms with Crippen LogP contribution in [0, 0.1) is 5.82 Å². The summed E-state index contributed by atoms with van der Waals surface area (Å²) in [5.74, 6) is -0.371. The average Bonchev–Trinajstić information content (AvgIpc) is 2.76. The van der Waals surface area contributed by atoms with Gasteiger partial charge >= 0.3 is 0 Å². The Morgan fingerprint density at radius 2 is 2.05 bits per heavy atom. The van der Waals surface area contributed by atoms with Crippen LogP contribution in [-0.2, 0) is 11.3 Å². The van der Waals surface area contributed by atoms with Crippen LogP contribution in [0.25, 0.3) is 11.0 Å². The Kier molecular flexibility index (Phi) is 3.71. The van der Waals surface area contributed by atoms with Crippen molar-refractivity contribution in [2.24, 2.45) is 0 Å². The van der Waals surface area contributed by atoms with Gasteiger partial charge < -0.3 is 15.2 Å². The molecule has 0 aliphatic carbocycles. The standard InChI is InChI=1S/C14H16ClFN4O/c15-9-6-11-12(7-10(9)16)20(14(17)18-11)8-13(21)19-4-2-1-3-5-19/h6-7H,1-5,8H2,(H2,17,18). The van der Waals surface area contributed by atoms with Crippen LogP contribution in [0.5, 0.6) is 0 Å². The van der Waals surface area contributed by atoms with Gasteiger partial charge in [-0.05, 0) is 25.3 Å². The van der Waals surface area contributed by atoms with Crippen molar-refractivity contribution in [3.05, 3.63) is 23.0 Å². The molecular weight excluding hydrogens is 295 g/mol. The number of nitrogen functional groups attached to an aromatic ring is 1. The van der Waals surface area contributed by atoms with Gasteiger partial charge in [-0.3, -0.25) is 4.79 Å². The molecule has 0 atom stereocenters. The van der Waals surface area contributed by atoms with E-state index in [1.165, 1.54) is 16.7 Å². The first-order chi connectivity index (χ1) is 10.1. The van der Waals surface area contributed by atoms with E-state index >= 15 is 0 Å². The van der Waals surface area contributed by atoms with Crippen LogP contribution in [0.1, 0.15) is 19.3 Å². The largest absolute Gasteiger partial charge is 0.369 e. The molecule has 0 bridgehead atoms. The predicted octanol–water partition coefficient (Wildman–Crippen LogP) is 2.42. The molecule has 2 heterocycles. The molecule has 1 aromatic heterocycles. The number of aromatic nitrogens is 2. The highest BCUT2D eigenvalue weighted by atomic mass is 35.5. The fraction of sp³-hybridized carbons (Fsp3) is 0.429. The lowest BCUT2D eigenvalue weighted by molar-refractivity contribution is -0.132. The third-order valence-corrected chi connectivity index (χ3v) is 4.11. The maximum absolute atomic E-state index is 13.6. The molecule has 1 saturated heterocycles. The van der Waals surface area contributed by atoms with Gasteiger partial charge in [0.2, 0.25) is 11.9 Å². The summed E-state index contributed by atoms with van der Waals surface area (Å²) in [6.45, 7) is 1.61. The highest BCUT2D eigenvalue weighted by Crippen LogP contribution is 2.25. The van der Waals surface area contributed by atoms with Gasteiger partial charge in [0.1, 0.15) is 12.4 Å². The third kappa shape index (κ3) is 2.68. The molecule has 1 aromatic carbocycles. The molecule has 21 heavy (non-hydrogen) atoms. The zero-order valence-corrected chi connectivity index (χ0v) is 12.2. The number of amides is 1. The number of carbonyl (C=O) groups is 1. The monoisotopic (exact) mass is 310 g/mol. The predicted molar refractivity (Wildman–Crippen MR) is 79.5 cm³/mol. The van der Waals surface area contributed by atoms with Crippen molar-refractivity contribution in [1.82, 2.24) is 14.5 Å². The van der Waals surface area contributed by atoms with Crippen LogP contribution >= 0.6 is 11.6 Å². The van der Waals surface area contributed by atoms with E-state index in [2.05, 4.69) is 4.98 Å². The topological polar surface area (TPSA) is 64.1 Å². The lowest BCUT2D eigenvalue weighted by Crippen LogP contribution is -2.37. The van der Waals surface area contributed by atoms with E-state index in [4.69, 9.17) is 17.3 Å². The summed E-state index contributed by atoms with van der Waals surface area (Å²) in [5.41, 5.74) is 6.82. The number of nitrogens with zero attached hydrogens (tertiary/aromatic N) is 3. The number of rotatable bonds is 2. The molecule has 2 N–H and O–H groups in total. The molecule has 0 unspecified atom stereocenters. The Labute approximate surface area is 126 Å². The number of hydrogen-bond donors (Lipinski definition) is 1. The Bertz CT molecular complexity index is 694. The molecule has 3 rings (SSSR count). The molecule has 5 nitrogen and oxygen atoms in total. The Balaban J connectivity index is 1.91. The second kappa shape index (κ2) is 5.52. The van der Waals surface area contributed by atoms with E-state index in [0.717, 1.165) is 32.4 Å². The van der Waals surface area contributed by atoms with Crippen molar-refractivity contribution in [1.29, 1.82) is 0 Å². The number of imidazole rings is 1. The van der Waals surface area contributed by atoms with Gasteiger partial charge in [0.05, 0.1) is 16.1 Å². The summed E-state index contributed by atoms with van der Waals surface area (Å²) in [6, 6.07) is 2.69. The van der Waals surface area contributed by atoms with Gasteiger partial charge in [0.15, 0.2) is 0 Å². The van der Waals surface area contributed by atoms with Crippen LogP contribution in [0.15, 0.2) is 12.1 Å². The molecule has 0 spiro atoms. The van der Waals surface area contributed by atoms with E-state index in [1.54, 1.807) is 0 Å². The van der Waals surface area contributed by atoms with Crippen LogP contribution in [0.2, 0.25) is 5.02 Å². The van der Waals surface area contributed by atoms with Gasteiger partial charge in [-0.25, -0.2) is 9.37 Å². The molecule has 2 aromatic rings. The van der Waals surface area contributed by atoms with Gasteiger partial charge in [0, 0.05) is 19.2 Å². The zero-order valence-electron chi connectivity index (χ0n) is 11.5. The van der Waals surface area contributed by atoms with Gasteiger partial charge in [-0.1, -0.05) is 11.6 Å². The number of benzene rings is 1. The zero-order chi connectivity index (χ0) is 15.0. The second-order valence-corrected chi connectivity index (χ2v) is 5.66. The van der Waals surface area contributed by atoms with Gasteiger partial charge in [-0.2, -0.15) is 0 Å². The van der Waals surface area contributed by atoms with E-state index in [-0.39, 0.29) is 23.4 Å². The number of carbonyl (C=O) groups excluding carboxylic acids is 1. The number of piperidine rings is 1. The Morgan fingerprint density at radius 1 is 1.33 bits per heavy atom. The fourth-order valence-corrected chi connectivity index (χ4v) is 2.84. The Hall–Kier alpha value is -1.82. The highest BCUT2D eigenvalue weighted by Gasteiger charge is 2.19. The van der Waals surface area contributed by atoms with Crippen LogP contribution in [0.3, 0.4) is 0 Å². The normalized spacial score (nSPS) is 15.6. The maximum Gasteiger partial charge on any atom is 0.242 e. The summed E-state index contributed by atoms with van der Waals surface area (Å²) in [5, 5.41) is -0.00509. The first-order valence-corrected chi connectivity index (χ1v) is 7.32. The molecule has 0 saturated carbocycles. The van der Waals surface area contributed by atoms with E-state index in [0.29, 0.717) is 11.0 Å². The number of halogens is 2. The van der Waals surface area contributed by atoms with Crippen molar-refractivity contribution in [2.45, 2.75) is 25.8 Å². The summed E-state index contributed by atoms with van der Waals surface area (Å²) in [4.78, 5) is 18.3. The number of likely N-dealkylation sites (tertiary alicyclic amines) is 1. The SMILES string of the molecule is Nc1nc2cc(Cl)c(F)cc2n1CC(=O)N1CCCCC1. The minimum atomic E-state index is -0.546. The molecule has 1 aliphatic rings. The Morgan fingerprint density at radius 3 is 2.76 bits per heavy atom. The lowest BCUT2D eigenvalue weighted by Gasteiger charge is -2.27. The summed E-state index contributed by atoms with van der Waals surface area (Å²) in [7, 11) is 0. The number of fused-ring (bicyclic) bond motifs is 1. The lowest BCUT2D eigenvalue weighted by atomic mass is 10.1. The quantitative estimate of drug-likeness (QED) is 0.926. The van der Waals surface area contributed by atoms with Crippen molar-refractivity contribution in [3.8, 4) is 0 Å². The minimum absolute atomic E-state index is 0.00509. The number of hydrogen-bond acceptors (Lipinski definition) is 3. The molecule has 0 radical (unpaired) electrons. The molecular formula is C14H16ClFN4O. The molecule has 1 aliphatic heterocycles. The highest BCUT2D eigenvalue weighted by molar-refractivity contribution is 6.31. The van der Waals surface area contributed by atoms with Crippen LogP contribution in [0.4, 0.5) is 10.3 Å². The van der Waals surface area contributed by atoms with Crippen molar-refractivity contribution >= 4 is 34.5 Å². The van der Waals surface area contributed by atoms with Gasteiger partial charge in [-0.15, -0.1) is 0 Å². The second-order valence-electron chi connectivity index (χ2n) is 5.25. The van der Waals surface area contributed by atoms with Crippen molar-refractivity contribution in [2.75, 3.05) is 18.8 Å². The first-order valence-electron chi connectivity index (χ1n) is 6.95.